The summed E-state index contributed by atoms with van der Waals surface area (Å²) in [7, 11) is -1.94. The van der Waals surface area contributed by atoms with E-state index in [0.717, 1.165) is 0 Å². The summed E-state index contributed by atoms with van der Waals surface area (Å²) in [5.41, 5.74) is 6.87. The number of methoxy groups -OCH3 is 1. The molecule has 0 amide bonds. The summed E-state index contributed by atoms with van der Waals surface area (Å²) in [5, 5.41) is 0. The van der Waals surface area contributed by atoms with Crippen LogP contribution in [0.4, 0.5) is 5.69 Å². The number of nitrogens with two attached hydrogens (primary N) is 1. The van der Waals surface area contributed by atoms with E-state index >= 15 is 0 Å². The molecule has 1 heterocycles. The number of ether oxygens (including phenoxy) is 1. The minimum absolute atomic E-state index is 0.151. The molecule has 2 rings (SSSR count). The normalized spacial score (nSPS) is 18.4. The van der Waals surface area contributed by atoms with Crippen LogP contribution in [0.5, 0.6) is 0 Å². The van der Waals surface area contributed by atoms with Crippen molar-refractivity contribution in [3.05, 3.63) is 29.3 Å². The third kappa shape index (κ3) is 2.71. The first kappa shape index (κ1) is 13.8. The number of hydrogen-bond donors (Lipinski definition) is 1. The van der Waals surface area contributed by atoms with Gasteiger partial charge in [-0.3, -0.25) is 0 Å². The fourth-order valence-electron chi connectivity index (χ4n) is 2.16. The van der Waals surface area contributed by atoms with Gasteiger partial charge >= 0.3 is 5.97 Å². The van der Waals surface area contributed by atoms with E-state index in [1.165, 1.54) is 11.4 Å². The zero-order chi connectivity index (χ0) is 14.0. The molecule has 1 aromatic carbocycles. The minimum Gasteiger partial charge on any atom is -0.465 e. The van der Waals surface area contributed by atoms with Crippen molar-refractivity contribution in [2.75, 3.05) is 25.1 Å². The van der Waals surface area contributed by atoms with E-state index in [0.29, 0.717) is 24.2 Å². The molecule has 0 unspecified atom stereocenters. The molecular formula is C12H16N2O4S. The first-order valence-corrected chi connectivity index (χ1v) is 7.50. The maximum absolute atomic E-state index is 11.8. The summed E-state index contributed by atoms with van der Waals surface area (Å²) in [4.78, 5) is 11.7. The molecule has 1 saturated heterocycles. The van der Waals surface area contributed by atoms with Gasteiger partial charge in [-0.15, -0.1) is 0 Å². The Bertz CT molecular complexity index is 598. The molecule has 0 radical (unpaired) electrons. The van der Waals surface area contributed by atoms with Crippen LogP contribution < -0.4 is 5.73 Å². The zero-order valence-corrected chi connectivity index (χ0v) is 11.4. The van der Waals surface area contributed by atoms with Crippen LogP contribution in [0.25, 0.3) is 0 Å². The Labute approximate surface area is 112 Å². The van der Waals surface area contributed by atoms with Crippen LogP contribution in [0.3, 0.4) is 0 Å². The van der Waals surface area contributed by atoms with Gasteiger partial charge < -0.3 is 10.5 Å². The lowest BCUT2D eigenvalue weighted by atomic mass is 10.1. The molecule has 1 aliphatic rings. The molecule has 0 aromatic heterocycles. The van der Waals surface area contributed by atoms with Crippen molar-refractivity contribution in [1.82, 2.24) is 4.31 Å². The van der Waals surface area contributed by atoms with E-state index in [2.05, 4.69) is 4.74 Å². The fraction of sp³-hybridized carbons (Fsp3) is 0.417. The van der Waals surface area contributed by atoms with Crippen molar-refractivity contribution in [2.45, 2.75) is 13.0 Å². The molecule has 6 nitrogen and oxygen atoms in total. The molecule has 1 fully saturated rings. The van der Waals surface area contributed by atoms with Gasteiger partial charge in [-0.25, -0.2) is 13.2 Å². The highest BCUT2D eigenvalue weighted by Gasteiger charge is 2.29. The van der Waals surface area contributed by atoms with Gasteiger partial charge in [0.2, 0.25) is 10.0 Å². The van der Waals surface area contributed by atoms with Crippen molar-refractivity contribution < 1.29 is 17.9 Å². The number of rotatable bonds is 3. The highest BCUT2D eigenvalue weighted by Crippen LogP contribution is 2.23. The molecule has 0 atom stereocenters. The largest absolute Gasteiger partial charge is 0.465 e. The van der Waals surface area contributed by atoms with Gasteiger partial charge in [0, 0.05) is 18.8 Å². The number of benzene rings is 1. The zero-order valence-electron chi connectivity index (χ0n) is 10.6. The van der Waals surface area contributed by atoms with Gasteiger partial charge in [0.05, 0.1) is 18.4 Å². The number of anilines is 1. The Morgan fingerprint density at radius 1 is 1.47 bits per heavy atom. The van der Waals surface area contributed by atoms with Crippen LogP contribution >= 0.6 is 0 Å². The number of esters is 1. The van der Waals surface area contributed by atoms with Gasteiger partial charge in [-0.2, -0.15) is 4.31 Å². The van der Waals surface area contributed by atoms with Crippen molar-refractivity contribution >= 4 is 21.7 Å². The fourth-order valence-corrected chi connectivity index (χ4v) is 3.66. The molecule has 1 aromatic rings. The number of carbonyl (C=O) groups excluding carboxylic acids is 1. The SMILES string of the molecule is COC(=O)c1c(N)cccc1CN1CCCS1(=O)=O. The summed E-state index contributed by atoms with van der Waals surface area (Å²) in [6, 6.07) is 4.98. The predicted octanol–water partition coefficient (Wildman–Crippen LogP) is 0.591. The van der Waals surface area contributed by atoms with Crippen molar-refractivity contribution in [3.8, 4) is 0 Å². The molecule has 0 aliphatic carbocycles. The lowest BCUT2D eigenvalue weighted by Gasteiger charge is -2.17. The second kappa shape index (κ2) is 5.18. The second-order valence-electron chi connectivity index (χ2n) is 4.38. The maximum Gasteiger partial charge on any atom is 0.340 e. The monoisotopic (exact) mass is 284 g/mol. The summed E-state index contributed by atoms with van der Waals surface area (Å²) < 4.78 is 29.6. The summed E-state index contributed by atoms with van der Waals surface area (Å²) in [5.74, 6) is -0.396. The Morgan fingerprint density at radius 2 is 2.21 bits per heavy atom. The van der Waals surface area contributed by atoms with Crippen LogP contribution in [0.15, 0.2) is 18.2 Å². The molecule has 2 N–H and O–H groups in total. The molecule has 1 aliphatic heterocycles. The van der Waals surface area contributed by atoms with Gasteiger partial charge in [0.1, 0.15) is 0 Å². The van der Waals surface area contributed by atoms with Crippen LogP contribution in [-0.4, -0.2) is 38.1 Å². The van der Waals surface area contributed by atoms with E-state index in [9.17, 15) is 13.2 Å². The predicted molar refractivity (Wildman–Crippen MR) is 71.0 cm³/mol. The van der Waals surface area contributed by atoms with Gasteiger partial charge in [-0.05, 0) is 18.1 Å². The molecule has 19 heavy (non-hydrogen) atoms. The first-order chi connectivity index (χ1) is 8.95. The number of sulfonamides is 1. The lowest BCUT2D eigenvalue weighted by Crippen LogP contribution is -2.26. The van der Waals surface area contributed by atoms with E-state index in [1.54, 1.807) is 18.2 Å². The molecular weight excluding hydrogens is 268 g/mol. The summed E-state index contributed by atoms with van der Waals surface area (Å²) >= 11 is 0. The Kier molecular flexibility index (Phi) is 3.77. The van der Waals surface area contributed by atoms with Gasteiger partial charge in [0.25, 0.3) is 0 Å². The average molecular weight is 284 g/mol. The van der Waals surface area contributed by atoms with E-state index in [4.69, 9.17) is 5.73 Å². The number of hydrogen-bond acceptors (Lipinski definition) is 5. The highest BCUT2D eigenvalue weighted by atomic mass is 32.2. The maximum atomic E-state index is 11.8. The Morgan fingerprint density at radius 3 is 2.79 bits per heavy atom. The van der Waals surface area contributed by atoms with Gasteiger partial charge in [-0.1, -0.05) is 12.1 Å². The van der Waals surface area contributed by atoms with Crippen LogP contribution in [0, 0.1) is 0 Å². The molecule has 0 spiro atoms. The van der Waals surface area contributed by atoms with Crippen LogP contribution in [0.1, 0.15) is 22.3 Å². The third-order valence-corrected chi connectivity index (χ3v) is 5.03. The lowest BCUT2D eigenvalue weighted by molar-refractivity contribution is 0.0600. The van der Waals surface area contributed by atoms with Crippen molar-refractivity contribution in [2.24, 2.45) is 0 Å². The molecule has 0 bridgehead atoms. The minimum atomic E-state index is -3.21. The molecule has 104 valence electrons. The second-order valence-corrected chi connectivity index (χ2v) is 6.46. The number of carbonyl (C=O) groups is 1. The van der Waals surface area contributed by atoms with Crippen LogP contribution in [-0.2, 0) is 21.3 Å². The molecule has 7 heteroatoms. The first-order valence-electron chi connectivity index (χ1n) is 5.89. The molecule has 0 saturated carbocycles. The van der Waals surface area contributed by atoms with Crippen molar-refractivity contribution in [1.29, 1.82) is 0 Å². The number of nitrogens with zero attached hydrogens (tertiary/aromatic N) is 1. The topological polar surface area (TPSA) is 89.7 Å². The number of nitrogen functional groups attached to an aromatic ring is 1. The van der Waals surface area contributed by atoms with Crippen molar-refractivity contribution in [3.63, 3.8) is 0 Å². The summed E-state index contributed by atoms with van der Waals surface area (Å²) in [6.07, 6.45) is 0.609. The summed E-state index contributed by atoms with van der Waals surface area (Å²) in [6.45, 7) is 0.621. The Balaban J connectivity index is 2.35. The quantitative estimate of drug-likeness (QED) is 0.648. The van der Waals surface area contributed by atoms with E-state index in [1.807, 2.05) is 0 Å². The average Bonchev–Trinajstić information content (AvgIpc) is 2.68. The van der Waals surface area contributed by atoms with Gasteiger partial charge in [0.15, 0.2) is 0 Å². The smallest absolute Gasteiger partial charge is 0.340 e. The highest BCUT2D eigenvalue weighted by molar-refractivity contribution is 7.89. The van der Waals surface area contributed by atoms with Crippen LogP contribution in [0.2, 0.25) is 0 Å². The van der Waals surface area contributed by atoms with E-state index < -0.39 is 16.0 Å². The Hall–Kier alpha value is -1.60. The van der Waals surface area contributed by atoms with E-state index in [-0.39, 0.29) is 17.9 Å². The standard InChI is InChI=1S/C12H16N2O4S/c1-18-12(15)11-9(4-2-5-10(11)13)8-14-6-3-7-19(14,16)17/h2,4-5H,3,6-8,13H2,1H3. The third-order valence-electron chi connectivity index (χ3n) is 3.12.